The topological polar surface area (TPSA) is 95.1 Å². The molecule has 1 aromatic rings. The fourth-order valence-corrected chi connectivity index (χ4v) is 3.50. The lowest BCUT2D eigenvalue weighted by Gasteiger charge is -2.17. The highest BCUT2D eigenvalue weighted by Gasteiger charge is 2.23. The van der Waals surface area contributed by atoms with Gasteiger partial charge in [-0.3, -0.25) is 9.59 Å². The summed E-state index contributed by atoms with van der Waals surface area (Å²) in [7, 11) is 0. The zero-order chi connectivity index (χ0) is 20.5. The first-order valence-electron chi connectivity index (χ1n) is 10.5. The van der Waals surface area contributed by atoms with Crippen LogP contribution < -0.4 is 16.0 Å². The largest absolute Gasteiger partial charge is 0.368 e. The van der Waals surface area contributed by atoms with Gasteiger partial charge in [-0.25, -0.2) is 4.99 Å². The van der Waals surface area contributed by atoms with Crippen LogP contribution in [0.25, 0.3) is 0 Å². The van der Waals surface area contributed by atoms with Crippen molar-refractivity contribution < 1.29 is 14.3 Å². The van der Waals surface area contributed by atoms with E-state index < -0.39 is 0 Å². The molecule has 2 aliphatic rings. The first-order chi connectivity index (χ1) is 14.2. The molecule has 2 heterocycles. The zero-order valence-electron chi connectivity index (χ0n) is 17.1. The molecule has 1 atom stereocenters. The maximum atomic E-state index is 12.2. The van der Waals surface area contributed by atoms with Gasteiger partial charge >= 0.3 is 0 Å². The Labute approximate surface area is 172 Å². The number of carbonyl (C=O) groups is 2. The van der Waals surface area contributed by atoms with E-state index in [1.54, 1.807) is 0 Å². The number of hydrogen-bond donors (Lipinski definition) is 3. The van der Waals surface area contributed by atoms with Crippen molar-refractivity contribution in [3.63, 3.8) is 0 Å². The van der Waals surface area contributed by atoms with E-state index in [4.69, 9.17) is 4.74 Å². The van der Waals surface area contributed by atoms with E-state index in [1.165, 1.54) is 0 Å². The van der Waals surface area contributed by atoms with Crippen LogP contribution in [0.15, 0.2) is 29.3 Å². The van der Waals surface area contributed by atoms with Crippen molar-refractivity contribution in [2.45, 2.75) is 45.3 Å². The number of nitrogens with one attached hydrogen (secondary N) is 3. The normalized spacial score (nSPS) is 19.3. The van der Waals surface area contributed by atoms with Crippen LogP contribution in [0, 0.1) is 0 Å². The highest BCUT2D eigenvalue weighted by molar-refractivity contribution is 5.94. The third kappa shape index (κ3) is 6.45. The average molecular weight is 402 g/mol. The molecule has 1 unspecified atom stereocenters. The van der Waals surface area contributed by atoms with E-state index in [-0.39, 0.29) is 24.5 Å². The van der Waals surface area contributed by atoms with Crippen LogP contribution in [-0.2, 0) is 20.9 Å². The summed E-state index contributed by atoms with van der Waals surface area (Å²) in [4.78, 5) is 30.9. The number of anilines is 1. The molecule has 0 aliphatic carbocycles. The minimum Gasteiger partial charge on any atom is -0.368 e. The van der Waals surface area contributed by atoms with Gasteiger partial charge in [0.2, 0.25) is 5.91 Å². The fraction of sp³-hybridized carbons (Fsp3) is 0.571. The van der Waals surface area contributed by atoms with Crippen LogP contribution in [0.3, 0.4) is 0 Å². The maximum absolute atomic E-state index is 12.2. The van der Waals surface area contributed by atoms with Crippen LogP contribution in [0.5, 0.6) is 0 Å². The van der Waals surface area contributed by atoms with Crippen LogP contribution in [0.1, 0.15) is 38.2 Å². The molecule has 1 aromatic carbocycles. The van der Waals surface area contributed by atoms with Crippen molar-refractivity contribution in [3.8, 4) is 0 Å². The quantitative estimate of drug-likeness (QED) is 0.475. The van der Waals surface area contributed by atoms with E-state index in [2.05, 4.69) is 20.9 Å². The molecular formula is C21H31N5O3. The monoisotopic (exact) mass is 401 g/mol. The molecule has 158 valence electrons. The van der Waals surface area contributed by atoms with Crippen molar-refractivity contribution >= 4 is 23.5 Å². The Bertz CT molecular complexity index is 725. The lowest BCUT2D eigenvalue weighted by atomic mass is 10.2. The third-order valence-corrected chi connectivity index (χ3v) is 5.05. The molecule has 0 saturated carbocycles. The summed E-state index contributed by atoms with van der Waals surface area (Å²) < 4.78 is 5.42. The molecular weight excluding hydrogens is 370 g/mol. The molecule has 8 heteroatoms. The number of guanidine groups is 1. The van der Waals surface area contributed by atoms with Crippen LogP contribution in [0.2, 0.25) is 0 Å². The second-order valence-electron chi connectivity index (χ2n) is 7.33. The average Bonchev–Trinajstić information content (AvgIpc) is 3.44. The zero-order valence-corrected chi connectivity index (χ0v) is 17.1. The van der Waals surface area contributed by atoms with E-state index in [9.17, 15) is 9.59 Å². The summed E-state index contributed by atoms with van der Waals surface area (Å²) in [5.74, 6) is 0.611. The van der Waals surface area contributed by atoms with E-state index in [1.807, 2.05) is 36.1 Å². The van der Waals surface area contributed by atoms with Crippen LogP contribution >= 0.6 is 0 Å². The lowest BCUT2D eigenvalue weighted by molar-refractivity contribution is -0.129. The molecule has 29 heavy (non-hydrogen) atoms. The van der Waals surface area contributed by atoms with Crippen LogP contribution in [0.4, 0.5) is 5.69 Å². The van der Waals surface area contributed by atoms with Crippen molar-refractivity contribution in [2.75, 3.05) is 38.1 Å². The van der Waals surface area contributed by atoms with Crippen LogP contribution in [-0.4, -0.2) is 61.6 Å². The molecule has 0 spiro atoms. The summed E-state index contributed by atoms with van der Waals surface area (Å²) >= 11 is 0. The van der Waals surface area contributed by atoms with E-state index in [0.717, 1.165) is 50.0 Å². The molecule has 0 aromatic heterocycles. The third-order valence-electron chi connectivity index (χ3n) is 5.05. The summed E-state index contributed by atoms with van der Waals surface area (Å²) in [6.07, 6.45) is 3.50. The van der Waals surface area contributed by atoms with Crippen molar-refractivity contribution in [2.24, 2.45) is 4.99 Å². The lowest BCUT2D eigenvalue weighted by Crippen LogP contribution is -2.44. The molecule has 2 aliphatic heterocycles. The first kappa shape index (κ1) is 21.1. The molecule has 8 nitrogen and oxygen atoms in total. The number of carbonyl (C=O) groups excluding carboxylic acids is 2. The molecule has 2 fully saturated rings. The van der Waals surface area contributed by atoms with Gasteiger partial charge in [0.05, 0.1) is 13.1 Å². The summed E-state index contributed by atoms with van der Waals surface area (Å²) in [6, 6.07) is 7.63. The van der Waals surface area contributed by atoms with Gasteiger partial charge in [0.25, 0.3) is 5.91 Å². The van der Waals surface area contributed by atoms with Gasteiger partial charge in [0.1, 0.15) is 6.10 Å². The number of ether oxygens (including phenoxy) is 1. The first-order valence-corrected chi connectivity index (χ1v) is 10.5. The van der Waals surface area contributed by atoms with Gasteiger partial charge in [0, 0.05) is 31.9 Å². The second kappa shape index (κ2) is 10.8. The maximum Gasteiger partial charge on any atom is 0.253 e. The van der Waals surface area contributed by atoms with E-state index in [0.29, 0.717) is 25.7 Å². The number of aliphatic imine (C=N–C) groups is 1. The van der Waals surface area contributed by atoms with Crippen molar-refractivity contribution in [1.82, 2.24) is 15.5 Å². The molecule has 3 N–H and O–H groups in total. The number of hydrogen-bond acceptors (Lipinski definition) is 4. The highest BCUT2D eigenvalue weighted by Crippen LogP contribution is 2.16. The Balaban J connectivity index is 1.53. The summed E-state index contributed by atoms with van der Waals surface area (Å²) in [6.45, 7) is 5.71. The summed E-state index contributed by atoms with van der Waals surface area (Å²) in [5.41, 5.74) is 1.71. The minimum absolute atomic E-state index is 0.0985. The predicted molar refractivity (Wildman–Crippen MR) is 113 cm³/mol. The SMILES string of the molecule is CCNC(=NCc1cccc(NC(=O)C2CCCO2)c1)NCC(=O)N1CCCC1. The van der Waals surface area contributed by atoms with Gasteiger partial charge in [-0.15, -0.1) is 0 Å². The second-order valence-corrected chi connectivity index (χ2v) is 7.33. The minimum atomic E-state index is -0.352. The van der Waals surface area contributed by atoms with Crippen molar-refractivity contribution in [1.29, 1.82) is 0 Å². The van der Waals surface area contributed by atoms with Gasteiger partial charge in [-0.2, -0.15) is 0 Å². The van der Waals surface area contributed by atoms with Gasteiger partial charge in [0.15, 0.2) is 5.96 Å². The molecule has 2 saturated heterocycles. The molecule has 0 bridgehead atoms. The number of nitrogens with zero attached hydrogens (tertiary/aromatic N) is 2. The number of amides is 2. The number of benzene rings is 1. The smallest absolute Gasteiger partial charge is 0.253 e. The Hall–Kier alpha value is -2.61. The van der Waals surface area contributed by atoms with Gasteiger partial charge < -0.3 is 25.6 Å². The highest BCUT2D eigenvalue weighted by atomic mass is 16.5. The Kier molecular flexibility index (Phi) is 7.86. The molecule has 0 radical (unpaired) electrons. The Morgan fingerprint density at radius 3 is 2.76 bits per heavy atom. The Morgan fingerprint density at radius 1 is 1.21 bits per heavy atom. The number of rotatable bonds is 7. The van der Waals surface area contributed by atoms with Gasteiger partial charge in [-0.1, -0.05) is 12.1 Å². The summed E-state index contributed by atoms with van der Waals surface area (Å²) in [5, 5.41) is 9.19. The van der Waals surface area contributed by atoms with E-state index >= 15 is 0 Å². The van der Waals surface area contributed by atoms with Crippen molar-refractivity contribution in [3.05, 3.63) is 29.8 Å². The molecule has 3 rings (SSSR count). The number of likely N-dealkylation sites (tertiary alicyclic amines) is 1. The molecule has 2 amide bonds. The Morgan fingerprint density at radius 2 is 2.03 bits per heavy atom. The standard InChI is InChI=1S/C21H31N5O3/c1-2-22-21(24-15-19(27)26-10-3-4-11-26)23-14-16-7-5-8-17(13-16)25-20(28)18-9-6-12-29-18/h5,7-8,13,18H,2-4,6,9-12,14-15H2,1H3,(H,25,28)(H2,22,23,24). The predicted octanol–water partition coefficient (Wildman–Crippen LogP) is 1.48. The van der Waals surface area contributed by atoms with Gasteiger partial charge in [-0.05, 0) is 50.3 Å². The fourth-order valence-electron chi connectivity index (χ4n) is 3.50.